The van der Waals surface area contributed by atoms with Crippen LogP contribution in [0.25, 0.3) is 0 Å². The minimum absolute atomic E-state index is 0.0479. The number of benzene rings is 1. The molecule has 0 saturated carbocycles. The predicted octanol–water partition coefficient (Wildman–Crippen LogP) is 1.40. The van der Waals surface area contributed by atoms with Gasteiger partial charge in [-0.1, -0.05) is 30.3 Å². The van der Waals surface area contributed by atoms with Crippen LogP contribution in [0.2, 0.25) is 0 Å². The molecule has 1 aliphatic rings. The molecule has 0 fully saturated rings. The van der Waals surface area contributed by atoms with Gasteiger partial charge < -0.3 is 16.8 Å². The quantitative estimate of drug-likeness (QED) is 0.497. The molecular weight excluding hydrogens is 324 g/mol. The smallest absolute Gasteiger partial charge is 0.321 e. The number of nitrogens with two attached hydrogens (primary N) is 2. The van der Waals surface area contributed by atoms with Crippen molar-refractivity contribution in [3.05, 3.63) is 46.5 Å². The average Bonchev–Trinajstić information content (AvgIpc) is 2.93. The molecule has 126 valence electrons. The van der Waals surface area contributed by atoms with E-state index in [1.807, 2.05) is 30.3 Å². The van der Waals surface area contributed by atoms with Crippen LogP contribution in [0, 0.1) is 0 Å². The van der Waals surface area contributed by atoms with Crippen molar-refractivity contribution in [2.45, 2.75) is 31.8 Å². The van der Waals surface area contributed by atoms with Gasteiger partial charge in [0.15, 0.2) is 11.1 Å². The fourth-order valence-corrected chi connectivity index (χ4v) is 3.60. The molecule has 1 atom stereocenters. The minimum Gasteiger partial charge on any atom is -0.375 e. The molecule has 0 spiro atoms. The van der Waals surface area contributed by atoms with E-state index in [0.29, 0.717) is 11.7 Å². The summed E-state index contributed by atoms with van der Waals surface area (Å²) < 4.78 is 0. The zero-order chi connectivity index (χ0) is 16.9. The number of nitrogens with one attached hydrogen (secondary N) is 2. The monoisotopic (exact) mass is 344 g/mol. The van der Waals surface area contributed by atoms with E-state index in [-0.39, 0.29) is 18.0 Å². The molecule has 2 aromatic rings. The average molecular weight is 344 g/mol. The van der Waals surface area contributed by atoms with Gasteiger partial charge in [-0.05, 0) is 18.4 Å². The number of carbonyl (C=O) groups is 1. The number of anilines is 1. The molecule has 0 saturated heterocycles. The van der Waals surface area contributed by atoms with Gasteiger partial charge in [0.2, 0.25) is 0 Å². The van der Waals surface area contributed by atoms with Gasteiger partial charge in [-0.3, -0.25) is 5.32 Å². The minimum atomic E-state index is -0.362. The summed E-state index contributed by atoms with van der Waals surface area (Å²) >= 11 is 1.50. The fourth-order valence-electron chi connectivity index (χ4n) is 2.66. The van der Waals surface area contributed by atoms with E-state index >= 15 is 0 Å². The highest BCUT2D eigenvalue weighted by molar-refractivity contribution is 7.15. The third-order valence-electron chi connectivity index (χ3n) is 3.79. The van der Waals surface area contributed by atoms with Crippen molar-refractivity contribution in [1.82, 2.24) is 15.6 Å². The molecule has 1 aromatic heterocycles. The van der Waals surface area contributed by atoms with E-state index < -0.39 is 0 Å². The van der Waals surface area contributed by atoms with E-state index in [9.17, 15) is 4.79 Å². The molecule has 1 aromatic carbocycles. The van der Waals surface area contributed by atoms with Crippen LogP contribution >= 0.6 is 11.3 Å². The molecule has 8 heteroatoms. The van der Waals surface area contributed by atoms with Crippen LogP contribution in [-0.4, -0.2) is 23.0 Å². The first-order valence-corrected chi connectivity index (χ1v) is 8.58. The summed E-state index contributed by atoms with van der Waals surface area (Å²) in [6.45, 7) is 0.437. The summed E-state index contributed by atoms with van der Waals surface area (Å²) in [6.07, 6.45) is 2.45. The summed E-state index contributed by atoms with van der Waals surface area (Å²) in [7, 11) is 0. The maximum absolute atomic E-state index is 11.9. The highest BCUT2D eigenvalue weighted by Gasteiger charge is 2.22. The van der Waals surface area contributed by atoms with Crippen molar-refractivity contribution >= 4 is 28.5 Å². The Morgan fingerprint density at radius 3 is 2.96 bits per heavy atom. The standard InChI is InChI=1S/C16H20N6OS/c17-14(22-16(23)19-9-10-4-2-1-3-5-10)20-11-6-7-12-13(8-11)24-15(18)21-12/h1-5,11H,6-9H2,(H2,18,21)(H4,17,19,20,22,23). The fraction of sp³-hybridized carbons (Fsp3) is 0.312. The Bertz CT molecular complexity index is 742. The lowest BCUT2D eigenvalue weighted by Gasteiger charge is -2.18. The van der Waals surface area contributed by atoms with Crippen LogP contribution in [0.15, 0.2) is 35.3 Å². The number of aromatic nitrogens is 1. The predicted molar refractivity (Wildman–Crippen MR) is 95.8 cm³/mol. The lowest BCUT2D eigenvalue weighted by atomic mass is 9.98. The molecule has 24 heavy (non-hydrogen) atoms. The first-order valence-electron chi connectivity index (χ1n) is 7.76. The number of aryl methyl sites for hydroxylation is 1. The SMILES string of the molecule is NC(=NC1CCc2nc(N)sc2C1)NC(=O)NCc1ccccc1. The summed E-state index contributed by atoms with van der Waals surface area (Å²) in [5.74, 6) is 0.131. The summed E-state index contributed by atoms with van der Waals surface area (Å²) in [4.78, 5) is 21.7. The molecule has 2 amide bonds. The second-order valence-electron chi connectivity index (χ2n) is 5.63. The summed E-state index contributed by atoms with van der Waals surface area (Å²) in [6, 6.07) is 9.35. The molecule has 3 rings (SSSR count). The molecule has 7 nitrogen and oxygen atoms in total. The van der Waals surface area contributed by atoms with Crippen molar-refractivity contribution in [2.75, 3.05) is 5.73 Å². The van der Waals surface area contributed by atoms with Gasteiger partial charge >= 0.3 is 6.03 Å². The number of carbonyl (C=O) groups excluding carboxylic acids is 1. The topological polar surface area (TPSA) is 118 Å². The lowest BCUT2D eigenvalue weighted by molar-refractivity contribution is 0.245. The normalized spacial score (nSPS) is 17.2. The molecule has 1 heterocycles. The van der Waals surface area contributed by atoms with E-state index in [0.717, 1.165) is 35.4 Å². The molecular formula is C16H20N6OS. The van der Waals surface area contributed by atoms with Gasteiger partial charge in [0.1, 0.15) is 0 Å². The Labute approximate surface area is 144 Å². The van der Waals surface area contributed by atoms with E-state index in [1.165, 1.54) is 11.3 Å². The zero-order valence-electron chi connectivity index (χ0n) is 13.2. The number of hydrogen-bond acceptors (Lipinski definition) is 5. The number of guanidine groups is 1. The van der Waals surface area contributed by atoms with E-state index in [1.54, 1.807) is 0 Å². The maximum Gasteiger partial charge on any atom is 0.321 e. The first-order chi connectivity index (χ1) is 11.6. The lowest BCUT2D eigenvalue weighted by Crippen LogP contribution is -2.43. The number of urea groups is 1. The maximum atomic E-state index is 11.9. The summed E-state index contributed by atoms with van der Waals surface area (Å²) in [5, 5.41) is 5.91. The van der Waals surface area contributed by atoms with Gasteiger partial charge in [0, 0.05) is 17.8 Å². The Morgan fingerprint density at radius 2 is 2.17 bits per heavy atom. The number of hydrogen-bond donors (Lipinski definition) is 4. The number of nitrogen functional groups attached to an aromatic ring is 1. The largest absolute Gasteiger partial charge is 0.375 e. The third kappa shape index (κ3) is 4.23. The molecule has 0 bridgehead atoms. The van der Waals surface area contributed by atoms with Crippen LogP contribution in [0.4, 0.5) is 9.93 Å². The van der Waals surface area contributed by atoms with Crippen LogP contribution in [0.1, 0.15) is 22.6 Å². The van der Waals surface area contributed by atoms with Gasteiger partial charge in [-0.25, -0.2) is 14.8 Å². The highest BCUT2D eigenvalue weighted by atomic mass is 32.1. The second kappa shape index (κ2) is 7.31. The Hall–Kier alpha value is -2.61. The molecule has 6 N–H and O–H groups in total. The first kappa shape index (κ1) is 16.3. The molecule has 1 unspecified atom stereocenters. The number of amides is 2. The van der Waals surface area contributed by atoms with Crippen molar-refractivity contribution in [1.29, 1.82) is 0 Å². The van der Waals surface area contributed by atoms with Crippen LogP contribution < -0.4 is 22.1 Å². The van der Waals surface area contributed by atoms with Crippen molar-refractivity contribution < 1.29 is 4.79 Å². The molecule has 0 aliphatic heterocycles. The molecule has 0 radical (unpaired) electrons. The second-order valence-corrected chi connectivity index (χ2v) is 6.74. The van der Waals surface area contributed by atoms with Crippen molar-refractivity contribution in [3.8, 4) is 0 Å². The van der Waals surface area contributed by atoms with Gasteiger partial charge in [-0.15, -0.1) is 11.3 Å². The third-order valence-corrected chi connectivity index (χ3v) is 4.74. The zero-order valence-corrected chi connectivity index (χ0v) is 14.0. The Morgan fingerprint density at radius 1 is 1.38 bits per heavy atom. The Kier molecular flexibility index (Phi) is 4.95. The number of aliphatic imine (C=N–C) groups is 1. The highest BCUT2D eigenvalue weighted by Crippen LogP contribution is 2.29. The van der Waals surface area contributed by atoms with E-state index in [2.05, 4.69) is 20.6 Å². The Balaban J connectivity index is 1.50. The number of thiazole rings is 1. The van der Waals surface area contributed by atoms with Crippen molar-refractivity contribution in [2.24, 2.45) is 10.7 Å². The number of nitrogens with zero attached hydrogens (tertiary/aromatic N) is 2. The van der Waals surface area contributed by atoms with Crippen LogP contribution in [0.5, 0.6) is 0 Å². The van der Waals surface area contributed by atoms with Crippen LogP contribution in [0.3, 0.4) is 0 Å². The van der Waals surface area contributed by atoms with Gasteiger partial charge in [0.25, 0.3) is 0 Å². The van der Waals surface area contributed by atoms with Gasteiger partial charge in [0.05, 0.1) is 11.7 Å². The van der Waals surface area contributed by atoms with Gasteiger partial charge in [-0.2, -0.15) is 0 Å². The number of rotatable bonds is 3. The van der Waals surface area contributed by atoms with Crippen LogP contribution in [-0.2, 0) is 19.4 Å². The number of fused-ring (bicyclic) bond motifs is 1. The van der Waals surface area contributed by atoms with E-state index in [4.69, 9.17) is 11.5 Å². The van der Waals surface area contributed by atoms with Crippen molar-refractivity contribution in [3.63, 3.8) is 0 Å². The summed E-state index contributed by atoms with van der Waals surface area (Å²) in [5.41, 5.74) is 13.7. The molecule has 1 aliphatic carbocycles.